The Morgan fingerprint density at radius 2 is 2.50 bits per heavy atom. The first kappa shape index (κ1) is 5.47. The van der Waals surface area contributed by atoms with E-state index in [0.717, 1.165) is 0 Å². The van der Waals surface area contributed by atoms with Gasteiger partial charge in [-0.05, 0) is 6.08 Å². The molecule has 1 atom stereocenters. The van der Waals surface area contributed by atoms with Crippen molar-refractivity contribution in [1.82, 2.24) is 5.32 Å². The Hall–Kier alpha value is -1.31. The first-order valence-corrected chi connectivity index (χ1v) is 3.35. The summed E-state index contributed by atoms with van der Waals surface area (Å²) >= 11 is 0. The van der Waals surface area contributed by atoms with Gasteiger partial charge in [0.2, 0.25) is 0 Å². The summed E-state index contributed by atoms with van der Waals surface area (Å²) < 4.78 is 0. The van der Waals surface area contributed by atoms with E-state index in [2.05, 4.69) is 22.5 Å². The molecule has 1 unspecified atom stereocenters. The van der Waals surface area contributed by atoms with E-state index in [0.29, 0.717) is 6.04 Å². The summed E-state index contributed by atoms with van der Waals surface area (Å²) in [4.78, 5) is 3.21. The van der Waals surface area contributed by atoms with Crippen LogP contribution in [0.1, 0.15) is 0 Å². The van der Waals surface area contributed by atoms with Gasteiger partial charge in [0.25, 0.3) is 0 Å². The Bertz CT molecular complexity index is 246. The molecule has 0 saturated heterocycles. The highest BCUT2D eigenvalue weighted by molar-refractivity contribution is 5.68. The number of dihydropyridines is 1. The van der Waals surface area contributed by atoms with Gasteiger partial charge in [-0.2, -0.15) is 0 Å². The van der Waals surface area contributed by atoms with Crippen molar-refractivity contribution in [2.75, 3.05) is 0 Å². The van der Waals surface area contributed by atoms with Gasteiger partial charge in [0.15, 0.2) is 12.3 Å². The van der Waals surface area contributed by atoms with Crippen LogP contribution in [-0.2, 0) is 0 Å². The first-order valence-electron chi connectivity index (χ1n) is 3.35. The van der Waals surface area contributed by atoms with Crippen molar-refractivity contribution in [2.45, 2.75) is 6.04 Å². The molecular weight excluding hydrogens is 124 g/mol. The third kappa shape index (κ3) is 0.778. The molecular formula is C8H9N2+. The van der Waals surface area contributed by atoms with Crippen molar-refractivity contribution >= 4 is 6.21 Å². The van der Waals surface area contributed by atoms with Crippen LogP contribution < -0.4 is 10.3 Å². The van der Waals surface area contributed by atoms with Crippen LogP contribution >= 0.6 is 0 Å². The van der Waals surface area contributed by atoms with E-state index in [9.17, 15) is 0 Å². The molecule has 0 aromatic carbocycles. The van der Waals surface area contributed by atoms with Gasteiger partial charge in [0.1, 0.15) is 0 Å². The summed E-state index contributed by atoms with van der Waals surface area (Å²) in [7, 11) is 0. The maximum Gasteiger partial charge on any atom is 0.197 e. The highest BCUT2D eigenvalue weighted by Crippen LogP contribution is 2.05. The minimum atomic E-state index is 0.381. The zero-order chi connectivity index (χ0) is 6.81. The van der Waals surface area contributed by atoms with Crippen LogP contribution in [0.25, 0.3) is 0 Å². The van der Waals surface area contributed by atoms with E-state index >= 15 is 0 Å². The van der Waals surface area contributed by atoms with Gasteiger partial charge in [-0.3, -0.25) is 0 Å². The molecule has 2 nitrogen and oxygen atoms in total. The van der Waals surface area contributed by atoms with Crippen LogP contribution in [0.15, 0.2) is 36.2 Å². The Balaban J connectivity index is 2.33. The topological polar surface area (TPSA) is 26.0 Å². The van der Waals surface area contributed by atoms with Gasteiger partial charge in [0, 0.05) is 30.1 Å². The maximum absolute atomic E-state index is 3.21. The van der Waals surface area contributed by atoms with E-state index in [1.807, 2.05) is 24.7 Å². The van der Waals surface area contributed by atoms with Crippen LogP contribution in [0.5, 0.6) is 0 Å². The van der Waals surface area contributed by atoms with E-state index < -0.39 is 0 Å². The predicted molar refractivity (Wildman–Crippen MR) is 40.3 cm³/mol. The first-order chi connectivity index (χ1) is 4.97. The molecule has 2 heteroatoms. The van der Waals surface area contributed by atoms with Crippen molar-refractivity contribution in [3.63, 3.8) is 0 Å². The summed E-state index contributed by atoms with van der Waals surface area (Å²) in [5.41, 5.74) is 1.28. The van der Waals surface area contributed by atoms with Crippen molar-refractivity contribution < 1.29 is 4.99 Å². The Labute approximate surface area is 59.7 Å². The second kappa shape index (κ2) is 2.14. The van der Waals surface area contributed by atoms with Crippen molar-refractivity contribution in [1.29, 1.82) is 0 Å². The molecule has 2 rings (SSSR count). The molecule has 2 aliphatic heterocycles. The molecule has 0 aliphatic carbocycles. The van der Waals surface area contributed by atoms with E-state index in [4.69, 9.17) is 0 Å². The van der Waals surface area contributed by atoms with E-state index in [1.54, 1.807) is 0 Å². The summed E-state index contributed by atoms with van der Waals surface area (Å²) in [5.74, 6) is 0. The van der Waals surface area contributed by atoms with Crippen LogP contribution in [0.4, 0.5) is 0 Å². The Kier molecular flexibility index (Phi) is 1.17. The smallest absolute Gasteiger partial charge is 0.197 e. The average molecular weight is 133 g/mol. The molecule has 2 N–H and O–H groups in total. The number of nitrogens with one attached hydrogen (secondary N) is 2. The molecule has 50 valence electrons. The van der Waals surface area contributed by atoms with Crippen molar-refractivity contribution in [3.05, 3.63) is 36.2 Å². The van der Waals surface area contributed by atoms with Gasteiger partial charge >= 0.3 is 0 Å². The molecule has 0 spiro atoms. The number of rotatable bonds is 0. The normalized spacial score (nSPS) is 27.2. The molecule has 0 bridgehead atoms. The number of allylic oxidation sites excluding steroid dienone is 1. The van der Waals surface area contributed by atoms with Crippen LogP contribution in [0.2, 0.25) is 0 Å². The quantitative estimate of drug-likeness (QED) is 0.439. The molecule has 0 radical (unpaired) electrons. The zero-order valence-electron chi connectivity index (χ0n) is 5.54. The van der Waals surface area contributed by atoms with Crippen LogP contribution in [-0.4, -0.2) is 12.3 Å². The largest absolute Gasteiger partial charge is 0.367 e. The lowest BCUT2D eigenvalue weighted by Gasteiger charge is -2.10. The fraction of sp³-hybridized carbons (Fsp3) is 0.125. The van der Waals surface area contributed by atoms with Crippen molar-refractivity contribution in [2.24, 2.45) is 0 Å². The van der Waals surface area contributed by atoms with E-state index in [1.165, 1.54) is 5.57 Å². The second-order valence-electron chi connectivity index (χ2n) is 2.34. The minimum absolute atomic E-state index is 0.381. The number of hydrogen-bond donors (Lipinski definition) is 2. The lowest BCUT2D eigenvalue weighted by atomic mass is 10.1. The second-order valence-corrected chi connectivity index (χ2v) is 2.34. The lowest BCUT2D eigenvalue weighted by Crippen LogP contribution is -2.77. The number of fused-ring (bicyclic) bond motifs is 1. The van der Waals surface area contributed by atoms with Gasteiger partial charge in [-0.1, -0.05) is 0 Å². The molecule has 2 heterocycles. The Morgan fingerprint density at radius 3 is 3.40 bits per heavy atom. The zero-order valence-corrected chi connectivity index (χ0v) is 5.54. The summed E-state index contributed by atoms with van der Waals surface area (Å²) in [5, 5.41) is 3.04. The van der Waals surface area contributed by atoms with Gasteiger partial charge in [-0.15, -0.1) is 0 Å². The average Bonchev–Trinajstić information content (AvgIpc) is 2.05. The molecule has 0 saturated carbocycles. The van der Waals surface area contributed by atoms with Crippen molar-refractivity contribution in [3.8, 4) is 0 Å². The van der Waals surface area contributed by atoms with Crippen LogP contribution in [0.3, 0.4) is 0 Å². The summed E-state index contributed by atoms with van der Waals surface area (Å²) in [6, 6.07) is 0.381. The SMILES string of the molecule is C1=CC2=CNC=CC2[NH+]=C1. The fourth-order valence-corrected chi connectivity index (χ4v) is 1.12. The van der Waals surface area contributed by atoms with Gasteiger partial charge in [0.05, 0.1) is 0 Å². The molecule has 0 aromatic heterocycles. The number of hydrogen-bond acceptors (Lipinski definition) is 1. The third-order valence-corrected chi connectivity index (χ3v) is 1.65. The summed E-state index contributed by atoms with van der Waals surface area (Å²) in [6.45, 7) is 0. The highest BCUT2D eigenvalue weighted by atomic mass is 14.9. The minimum Gasteiger partial charge on any atom is -0.367 e. The molecule has 10 heavy (non-hydrogen) atoms. The van der Waals surface area contributed by atoms with Gasteiger partial charge in [-0.25, -0.2) is 4.99 Å². The lowest BCUT2D eigenvalue weighted by molar-refractivity contribution is -0.472. The highest BCUT2D eigenvalue weighted by Gasteiger charge is 2.15. The fourth-order valence-electron chi connectivity index (χ4n) is 1.12. The van der Waals surface area contributed by atoms with E-state index in [-0.39, 0.29) is 0 Å². The maximum atomic E-state index is 3.21. The molecule has 2 aliphatic rings. The summed E-state index contributed by atoms with van der Waals surface area (Å²) in [6.07, 6.45) is 12.1. The molecule has 0 aromatic rings. The predicted octanol–water partition coefficient (Wildman–Crippen LogP) is -0.923. The standard InChI is InChI=1S/C8H8N2/c1-2-7-6-9-5-3-8(7)10-4-1/h1-6,8-9H/p+1. The molecule has 0 amide bonds. The monoisotopic (exact) mass is 133 g/mol. The molecule has 0 fully saturated rings. The third-order valence-electron chi connectivity index (χ3n) is 1.65. The van der Waals surface area contributed by atoms with Crippen LogP contribution in [0, 0.1) is 0 Å². The van der Waals surface area contributed by atoms with Gasteiger partial charge < -0.3 is 5.32 Å². The Morgan fingerprint density at radius 1 is 1.50 bits per heavy atom.